The smallest absolute Gasteiger partial charge is 0.310 e. The number of carbonyl (C=O) groups is 1. The first-order valence-electron chi connectivity index (χ1n) is 7.08. The molecule has 0 spiro atoms. The molecule has 1 rings (SSSR count). The molecule has 0 bridgehead atoms. The third-order valence-corrected chi connectivity index (χ3v) is 4.11. The maximum atomic E-state index is 11.6. The van der Waals surface area contributed by atoms with Gasteiger partial charge in [-0.2, -0.15) is 0 Å². The van der Waals surface area contributed by atoms with E-state index in [-0.39, 0.29) is 12.4 Å². The normalized spacial score (nSPS) is 12.0. The molecule has 0 aromatic heterocycles. The van der Waals surface area contributed by atoms with Crippen LogP contribution in [-0.4, -0.2) is 29.7 Å². The maximum Gasteiger partial charge on any atom is 0.310 e. The van der Waals surface area contributed by atoms with Gasteiger partial charge in [0.1, 0.15) is 11.5 Å². The first-order valence-corrected chi connectivity index (χ1v) is 13.9. The average molecular weight is 327 g/mol. The van der Waals surface area contributed by atoms with Gasteiger partial charge in [0, 0.05) is 5.56 Å². The second-order valence-electron chi connectivity index (χ2n) is 6.95. The van der Waals surface area contributed by atoms with Crippen LogP contribution in [0, 0.1) is 0 Å². The van der Waals surface area contributed by atoms with Crippen LogP contribution in [0.15, 0.2) is 18.2 Å². The Labute approximate surface area is 129 Å². The predicted molar refractivity (Wildman–Crippen MR) is 90.1 cm³/mol. The molecule has 0 unspecified atom stereocenters. The number of hydrogen-bond donors (Lipinski definition) is 0. The highest BCUT2D eigenvalue weighted by Gasteiger charge is 2.21. The monoisotopic (exact) mass is 326 g/mol. The Morgan fingerprint density at radius 2 is 1.57 bits per heavy atom. The van der Waals surface area contributed by atoms with Crippen molar-refractivity contribution in [3.05, 3.63) is 23.8 Å². The summed E-state index contributed by atoms with van der Waals surface area (Å²) < 4.78 is 16.8. The van der Waals surface area contributed by atoms with Crippen molar-refractivity contribution in [1.82, 2.24) is 0 Å². The molecule has 0 aliphatic carbocycles. The molecule has 1 aromatic rings. The van der Waals surface area contributed by atoms with E-state index in [1.807, 2.05) is 18.2 Å². The summed E-state index contributed by atoms with van der Waals surface area (Å²) in [6.45, 7) is 12.7. The minimum atomic E-state index is -1.74. The lowest BCUT2D eigenvalue weighted by atomic mass is 10.1. The van der Waals surface area contributed by atoms with Crippen molar-refractivity contribution in [1.29, 1.82) is 0 Å². The van der Waals surface area contributed by atoms with Crippen LogP contribution in [0.5, 0.6) is 11.5 Å². The summed E-state index contributed by atoms with van der Waals surface area (Å²) >= 11 is 0. The molecule has 1 aromatic carbocycles. The maximum absolute atomic E-state index is 11.6. The van der Waals surface area contributed by atoms with Crippen LogP contribution in [0.3, 0.4) is 0 Å². The van der Waals surface area contributed by atoms with Crippen molar-refractivity contribution in [2.75, 3.05) is 7.11 Å². The first-order chi connectivity index (χ1) is 9.50. The van der Waals surface area contributed by atoms with E-state index in [1.165, 1.54) is 7.11 Å². The number of rotatable bonds is 6. The van der Waals surface area contributed by atoms with Gasteiger partial charge in [0.25, 0.3) is 0 Å². The Balaban J connectivity index is 3.10. The van der Waals surface area contributed by atoms with Crippen LogP contribution in [0.25, 0.3) is 0 Å². The fraction of sp³-hybridized carbons (Fsp3) is 0.533. The van der Waals surface area contributed by atoms with Crippen LogP contribution in [-0.2, 0) is 16.0 Å². The van der Waals surface area contributed by atoms with Crippen LogP contribution in [0.4, 0.5) is 0 Å². The summed E-state index contributed by atoms with van der Waals surface area (Å²) in [5, 5.41) is 0. The van der Waals surface area contributed by atoms with Crippen LogP contribution in [0.2, 0.25) is 39.3 Å². The van der Waals surface area contributed by atoms with Gasteiger partial charge >= 0.3 is 5.97 Å². The molecule has 0 saturated heterocycles. The van der Waals surface area contributed by atoms with Gasteiger partial charge in [-0.25, -0.2) is 0 Å². The largest absolute Gasteiger partial charge is 0.544 e. The molecular formula is C15H26O4Si2. The molecule has 0 fully saturated rings. The van der Waals surface area contributed by atoms with Crippen molar-refractivity contribution in [2.24, 2.45) is 0 Å². The van der Waals surface area contributed by atoms with Gasteiger partial charge in [-0.3, -0.25) is 4.79 Å². The van der Waals surface area contributed by atoms with Gasteiger partial charge in [-0.1, -0.05) is 0 Å². The minimum absolute atomic E-state index is 0.194. The average Bonchev–Trinajstić information content (AvgIpc) is 2.28. The second kappa shape index (κ2) is 6.66. The molecule has 0 aliphatic heterocycles. The van der Waals surface area contributed by atoms with Gasteiger partial charge in [0.15, 0.2) is 0 Å². The summed E-state index contributed by atoms with van der Waals surface area (Å²) in [4.78, 5) is 11.6. The zero-order chi connectivity index (χ0) is 16.3. The number of esters is 1. The van der Waals surface area contributed by atoms with E-state index < -0.39 is 16.6 Å². The number of ether oxygens (including phenoxy) is 1. The van der Waals surface area contributed by atoms with Crippen molar-refractivity contribution >= 4 is 22.6 Å². The van der Waals surface area contributed by atoms with E-state index in [9.17, 15) is 4.79 Å². The topological polar surface area (TPSA) is 44.8 Å². The molecule has 0 heterocycles. The second-order valence-corrected chi connectivity index (χ2v) is 15.8. The van der Waals surface area contributed by atoms with Crippen molar-refractivity contribution < 1.29 is 18.4 Å². The van der Waals surface area contributed by atoms with E-state index in [0.717, 1.165) is 17.1 Å². The Bertz CT molecular complexity index is 501. The zero-order valence-electron chi connectivity index (χ0n) is 14.1. The van der Waals surface area contributed by atoms with E-state index in [1.54, 1.807) is 0 Å². The molecule has 6 heteroatoms. The third kappa shape index (κ3) is 6.81. The molecule has 0 saturated carbocycles. The van der Waals surface area contributed by atoms with Gasteiger partial charge in [0.2, 0.25) is 16.6 Å². The predicted octanol–water partition coefficient (Wildman–Crippen LogP) is 3.83. The van der Waals surface area contributed by atoms with Crippen LogP contribution in [0.1, 0.15) is 5.56 Å². The van der Waals surface area contributed by atoms with Gasteiger partial charge in [-0.15, -0.1) is 0 Å². The van der Waals surface area contributed by atoms with Crippen molar-refractivity contribution in [2.45, 2.75) is 45.7 Å². The molecular weight excluding hydrogens is 300 g/mol. The molecule has 0 atom stereocenters. The van der Waals surface area contributed by atoms with Gasteiger partial charge < -0.3 is 13.6 Å². The third-order valence-electron chi connectivity index (χ3n) is 2.43. The highest BCUT2D eigenvalue weighted by atomic mass is 28.4. The molecule has 118 valence electrons. The van der Waals surface area contributed by atoms with E-state index >= 15 is 0 Å². The van der Waals surface area contributed by atoms with E-state index in [2.05, 4.69) is 39.3 Å². The molecule has 21 heavy (non-hydrogen) atoms. The Kier molecular flexibility index (Phi) is 5.63. The summed E-state index contributed by atoms with van der Waals surface area (Å²) in [5.74, 6) is 1.26. The SMILES string of the molecule is COC(=O)Cc1cc(O[Si](C)(C)C)ccc1O[Si](C)(C)C. The Hall–Kier alpha value is -1.28. The minimum Gasteiger partial charge on any atom is -0.544 e. The Morgan fingerprint density at radius 3 is 2.05 bits per heavy atom. The van der Waals surface area contributed by atoms with Crippen LogP contribution < -0.4 is 8.85 Å². The lowest BCUT2D eigenvalue weighted by Gasteiger charge is -2.24. The van der Waals surface area contributed by atoms with E-state index in [4.69, 9.17) is 13.6 Å². The standard InChI is InChI=1S/C15H26O4Si2/c1-17-15(16)11-12-10-13(18-20(2,3)4)8-9-14(12)19-21(5,6)7/h8-10H,11H2,1-7H3. The van der Waals surface area contributed by atoms with Gasteiger partial charge in [-0.05, 0) is 57.5 Å². The summed E-state index contributed by atoms with van der Waals surface area (Å²) in [5.41, 5.74) is 0.819. The van der Waals surface area contributed by atoms with Gasteiger partial charge in [0.05, 0.1) is 13.5 Å². The molecule has 0 radical (unpaired) electrons. The first kappa shape index (κ1) is 17.8. The highest BCUT2D eigenvalue weighted by molar-refractivity contribution is 6.70. The lowest BCUT2D eigenvalue weighted by Crippen LogP contribution is -2.30. The summed E-state index contributed by atoms with van der Waals surface area (Å²) in [6.07, 6.45) is 0.194. The zero-order valence-corrected chi connectivity index (χ0v) is 16.1. The Morgan fingerprint density at radius 1 is 1.00 bits per heavy atom. The molecule has 4 nitrogen and oxygen atoms in total. The number of hydrogen-bond acceptors (Lipinski definition) is 4. The summed E-state index contributed by atoms with van der Waals surface area (Å²) in [6, 6.07) is 5.70. The number of methoxy groups -OCH3 is 1. The fourth-order valence-electron chi connectivity index (χ4n) is 1.77. The fourth-order valence-corrected chi connectivity index (χ4v) is 3.46. The summed E-state index contributed by atoms with van der Waals surface area (Å²) in [7, 11) is -2.03. The number of benzene rings is 1. The molecule has 0 N–H and O–H groups in total. The number of carbonyl (C=O) groups excluding carboxylic acids is 1. The molecule has 0 amide bonds. The highest BCUT2D eigenvalue weighted by Crippen LogP contribution is 2.28. The van der Waals surface area contributed by atoms with E-state index in [0.29, 0.717) is 0 Å². The lowest BCUT2D eigenvalue weighted by molar-refractivity contribution is -0.139. The molecule has 0 aliphatic rings. The van der Waals surface area contributed by atoms with Crippen LogP contribution >= 0.6 is 0 Å². The van der Waals surface area contributed by atoms with Crippen molar-refractivity contribution in [3.8, 4) is 11.5 Å². The van der Waals surface area contributed by atoms with Crippen molar-refractivity contribution in [3.63, 3.8) is 0 Å². The quantitative estimate of drug-likeness (QED) is 0.589.